The van der Waals surface area contributed by atoms with E-state index in [1.807, 2.05) is 23.1 Å². The van der Waals surface area contributed by atoms with Gasteiger partial charge in [-0.25, -0.2) is 15.0 Å². The zero-order chi connectivity index (χ0) is 22.1. The standard InChI is InChI=1S/C23H20F3N5S/c24-23(25,26)17-7-8-19(27-13-17)30-9-4-10-31(12-11-30)21-20-18(16-5-2-1-3-6-16)14-32-22(20)29-15-28-21/h1-3,5-8,13-15H,4,9-12H2. The molecule has 0 aliphatic carbocycles. The fourth-order valence-corrected chi connectivity index (χ4v) is 4.94. The summed E-state index contributed by atoms with van der Waals surface area (Å²) in [5.41, 5.74) is 1.51. The number of aromatic nitrogens is 3. The summed E-state index contributed by atoms with van der Waals surface area (Å²) in [6.07, 6.45) is -1.03. The summed E-state index contributed by atoms with van der Waals surface area (Å²) in [7, 11) is 0. The lowest BCUT2D eigenvalue weighted by Gasteiger charge is -2.24. The van der Waals surface area contributed by atoms with Gasteiger partial charge in [-0.2, -0.15) is 13.2 Å². The Hall–Kier alpha value is -3.20. The zero-order valence-corrected chi connectivity index (χ0v) is 17.9. The first-order chi connectivity index (χ1) is 15.5. The number of hydrogen-bond donors (Lipinski definition) is 0. The lowest BCUT2D eigenvalue weighted by atomic mass is 10.1. The molecule has 0 spiro atoms. The molecular formula is C23H20F3N5S. The third kappa shape index (κ3) is 4.00. The Morgan fingerprint density at radius 2 is 1.62 bits per heavy atom. The molecule has 1 saturated heterocycles. The minimum atomic E-state index is -4.38. The maximum atomic E-state index is 12.9. The van der Waals surface area contributed by atoms with Gasteiger partial charge in [0.2, 0.25) is 0 Å². The van der Waals surface area contributed by atoms with E-state index in [9.17, 15) is 13.2 Å². The van der Waals surface area contributed by atoms with Crippen LogP contribution < -0.4 is 9.80 Å². The van der Waals surface area contributed by atoms with Crippen molar-refractivity contribution in [2.45, 2.75) is 12.6 Å². The Balaban J connectivity index is 1.41. The molecule has 0 amide bonds. The molecule has 5 rings (SSSR count). The van der Waals surface area contributed by atoms with Gasteiger partial charge in [-0.05, 0) is 24.1 Å². The maximum Gasteiger partial charge on any atom is 0.417 e. The van der Waals surface area contributed by atoms with Crippen molar-refractivity contribution in [2.24, 2.45) is 0 Å². The van der Waals surface area contributed by atoms with Crippen LogP contribution in [0.5, 0.6) is 0 Å². The van der Waals surface area contributed by atoms with Gasteiger partial charge in [0.25, 0.3) is 0 Å². The Morgan fingerprint density at radius 1 is 0.844 bits per heavy atom. The van der Waals surface area contributed by atoms with Crippen molar-refractivity contribution in [2.75, 3.05) is 36.0 Å². The van der Waals surface area contributed by atoms with Crippen LogP contribution in [0.4, 0.5) is 24.8 Å². The highest BCUT2D eigenvalue weighted by atomic mass is 32.1. The molecule has 1 aliphatic rings. The second-order valence-electron chi connectivity index (χ2n) is 7.62. The molecule has 0 saturated carbocycles. The average molecular weight is 456 g/mol. The van der Waals surface area contributed by atoms with Crippen molar-refractivity contribution < 1.29 is 13.2 Å². The first-order valence-electron chi connectivity index (χ1n) is 10.3. The number of fused-ring (bicyclic) bond motifs is 1. The van der Waals surface area contributed by atoms with Gasteiger partial charge in [-0.1, -0.05) is 30.3 Å². The molecular weight excluding hydrogens is 435 g/mol. The maximum absolute atomic E-state index is 12.9. The minimum Gasteiger partial charge on any atom is -0.355 e. The summed E-state index contributed by atoms with van der Waals surface area (Å²) in [5.74, 6) is 1.46. The van der Waals surface area contributed by atoms with Crippen LogP contribution in [0.1, 0.15) is 12.0 Å². The molecule has 1 fully saturated rings. The molecule has 0 bridgehead atoms. The number of anilines is 2. The quantitative estimate of drug-likeness (QED) is 0.409. The van der Waals surface area contributed by atoms with Crippen molar-refractivity contribution in [3.63, 3.8) is 0 Å². The van der Waals surface area contributed by atoms with E-state index >= 15 is 0 Å². The van der Waals surface area contributed by atoms with Crippen LogP contribution in [0.15, 0.2) is 60.4 Å². The molecule has 3 aromatic heterocycles. The van der Waals surface area contributed by atoms with Crippen LogP contribution in [-0.2, 0) is 6.18 Å². The first kappa shape index (κ1) is 20.7. The molecule has 1 aromatic carbocycles. The van der Waals surface area contributed by atoms with Crippen LogP contribution in [0.25, 0.3) is 21.3 Å². The van der Waals surface area contributed by atoms with E-state index < -0.39 is 11.7 Å². The van der Waals surface area contributed by atoms with Gasteiger partial charge in [0.15, 0.2) is 0 Å². The predicted octanol–water partition coefficient (Wildman–Crippen LogP) is 5.49. The van der Waals surface area contributed by atoms with E-state index in [0.717, 1.165) is 58.9 Å². The van der Waals surface area contributed by atoms with E-state index in [0.29, 0.717) is 18.9 Å². The van der Waals surface area contributed by atoms with Crippen molar-refractivity contribution in [1.82, 2.24) is 15.0 Å². The van der Waals surface area contributed by atoms with Crippen molar-refractivity contribution >= 4 is 33.2 Å². The van der Waals surface area contributed by atoms with Gasteiger partial charge < -0.3 is 9.80 Å². The molecule has 0 N–H and O–H groups in total. The van der Waals surface area contributed by atoms with Crippen LogP contribution in [-0.4, -0.2) is 41.1 Å². The number of alkyl halides is 3. The van der Waals surface area contributed by atoms with Gasteiger partial charge in [0.1, 0.15) is 22.8 Å². The molecule has 0 atom stereocenters. The number of benzene rings is 1. The lowest BCUT2D eigenvalue weighted by molar-refractivity contribution is -0.137. The minimum absolute atomic E-state index is 0.563. The summed E-state index contributed by atoms with van der Waals surface area (Å²) in [6, 6.07) is 12.7. The summed E-state index contributed by atoms with van der Waals surface area (Å²) in [6.45, 7) is 2.86. The smallest absolute Gasteiger partial charge is 0.355 e. The molecule has 4 aromatic rings. The van der Waals surface area contributed by atoms with Crippen molar-refractivity contribution in [3.8, 4) is 11.1 Å². The highest BCUT2D eigenvalue weighted by Gasteiger charge is 2.31. The fourth-order valence-electron chi connectivity index (χ4n) is 4.03. The third-order valence-electron chi connectivity index (χ3n) is 5.63. The molecule has 32 heavy (non-hydrogen) atoms. The van der Waals surface area contributed by atoms with E-state index in [2.05, 4.69) is 37.4 Å². The van der Waals surface area contributed by atoms with Crippen LogP contribution in [0.3, 0.4) is 0 Å². The number of pyridine rings is 1. The Morgan fingerprint density at radius 3 is 2.38 bits per heavy atom. The molecule has 4 heterocycles. The highest BCUT2D eigenvalue weighted by Crippen LogP contribution is 2.38. The number of hydrogen-bond acceptors (Lipinski definition) is 6. The fraction of sp³-hybridized carbons (Fsp3) is 0.261. The Labute approximate surface area is 187 Å². The van der Waals surface area contributed by atoms with Crippen molar-refractivity contribution in [1.29, 1.82) is 0 Å². The third-order valence-corrected chi connectivity index (χ3v) is 6.52. The highest BCUT2D eigenvalue weighted by molar-refractivity contribution is 7.17. The number of thiophene rings is 1. The van der Waals surface area contributed by atoms with E-state index in [1.54, 1.807) is 17.7 Å². The second kappa shape index (κ2) is 8.38. The van der Waals surface area contributed by atoms with Gasteiger partial charge in [0, 0.05) is 43.3 Å². The molecule has 0 radical (unpaired) electrons. The summed E-state index contributed by atoms with van der Waals surface area (Å²) in [4.78, 5) is 18.4. The Bertz CT molecular complexity index is 1210. The SMILES string of the molecule is FC(F)(F)c1ccc(N2CCCN(c3ncnc4scc(-c5ccccc5)c34)CC2)nc1. The summed E-state index contributed by atoms with van der Waals surface area (Å²) >= 11 is 1.60. The monoisotopic (exact) mass is 455 g/mol. The Kier molecular flexibility index (Phi) is 5.42. The van der Waals surface area contributed by atoms with Crippen LogP contribution in [0, 0.1) is 0 Å². The predicted molar refractivity (Wildman–Crippen MR) is 121 cm³/mol. The van der Waals surface area contributed by atoms with Crippen LogP contribution in [0.2, 0.25) is 0 Å². The number of halogens is 3. The molecule has 5 nitrogen and oxygen atoms in total. The van der Waals surface area contributed by atoms with E-state index in [4.69, 9.17) is 0 Å². The van der Waals surface area contributed by atoms with Gasteiger partial charge in [0.05, 0.1) is 10.9 Å². The normalized spacial score (nSPS) is 15.2. The molecule has 164 valence electrons. The van der Waals surface area contributed by atoms with E-state index in [1.165, 1.54) is 6.07 Å². The van der Waals surface area contributed by atoms with Crippen molar-refractivity contribution in [3.05, 3.63) is 65.9 Å². The summed E-state index contributed by atoms with van der Waals surface area (Å²) < 4.78 is 38.6. The van der Waals surface area contributed by atoms with Crippen LogP contribution >= 0.6 is 11.3 Å². The first-order valence-corrected chi connectivity index (χ1v) is 11.2. The van der Waals surface area contributed by atoms with Gasteiger partial charge in [-0.3, -0.25) is 0 Å². The summed E-state index contributed by atoms with van der Waals surface area (Å²) in [5, 5.41) is 3.17. The van der Waals surface area contributed by atoms with Gasteiger partial charge >= 0.3 is 6.18 Å². The number of rotatable bonds is 3. The molecule has 1 aliphatic heterocycles. The zero-order valence-electron chi connectivity index (χ0n) is 17.1. The molecule has 9 heteroatoms. The molecule has 0 unspecified atom stereocenters. The topological polar surface area (TPSA) is 45.2 Å². The second-order valence-corrected chi connectivity index (χ2v) is 8.48. The van der Waals surface area contributed by atoms with Gasteiger partial charge in [-0.15, -0.1) is 11.3 Å². The van der Waals surface area contributed by atoms with E-state index in [-0.39, 0.29) is 0 Å². The largest absolute Gasteiger partial charge is 0.417 e. The lowest BCUT2D eigenvalue weighted by Crippen LogP contribution is -2.31. The average Bonchev–Trinajstić information content (AvgIpc) is 3.09. The number of nitrogens with zero attached hydrogens (tertiary/aromatic N) is 5.